The third-order valence-corrected chi connectivity index (χ3v) is 3.35. The minimum Gasteiger partial charge on any atom is -0.397 e. The van der Waals surface area contributed by atoms with E-state index in [4.69, 9.17) is 33.8 Å². The molecule has 1 aromatic carbocycles. The van der Waals surface area contributed by atoms with Crippen molar-refractivity contribution < 1.29 is 9.63 Å². The first-order valence-electron chi connectivity index (χ1n) is 5.29. The van der Waals surface area contributed by atoms with Crippen molar-refractivity contribution in [3.05, 3.63) is 27.7 Å². The van der Waals surface area contributed by atoms with Crippen LogP contribution in [0.5, 0.6) is 0 Å². The lowest BCUT2D eigenvalue weighted by molar-refractivity contribution is -0.144. The molecule has 1 aliphatic heterocycles. The van der Waals surface area contributed by atoms with Gasteiger partial charge < -0.3 is 5.73 Å². The van der Waals surface area contributed by atoms with Gasteiger partial charge in [0.15, 0.2) is 0 Å². The molecule has 1 aliphatic rings. The van der Waals surface area contributed by atoms with E-state index >= 15 is 0 Å². The van der Waals surface area contributed by atoms with Crippen LogP contribution in [0.1, 0.15) is 23.2 Å². The number of hydroxylamine groups is 2. The Morgan fingerprint density at radius 1 is 1.35 bits per heavy atom. The van der Waals surface area contributed by atoms with Crippen LogP contribution in [0.2, 0.25) is 10.0 Å². The predicted octanol–water partition coefficient (Wildman–Crippen LogP) is 2.74. The van der Waals surface area contributed by atoms with Gasteiger partial charge in [-0.3, -0.25) is 9.63 Å². The van der Waals surface area contributed by atoms with Crippen molar-refractivity contribution in [3.63, 3.8) is 0 Å². The molecular formula is C11H12Cl2N2O2. The third kappa shape index (κ3) is 2.65. The molecular weight excluding hydrogens is 263 g/mol. The summed E-state index contributed by atoms with van der Waals surface area (Å²) >= 11 is 11.7. The fraction of sp³-hybridized carbons (Fsp3) is 0.364. The van der Waals surface area contributed by atoms with Crippen LogP contribution in [0, 0.1) is 0 Å². The van der Waals surface area contributed by atoms with Crippen LogP contribution in [0.4, 0.5) is 5.69 Å². The maximum Gasteiger partial charge on any atom is 0.277 e. The number of nitrogens with zero attached hydrogens (tertiary/aromatic N) is 1. The molecule has 4 nitrogen and oxygen atoms in total. The van der Waals surface area contributed by atoms with Crippen LogP contribution in [0.25, 0.3) is 0 Å². The largest absolute Gasteiger partial charge is 0.397 e. The van der Waals surface area contributed by atoms with Crippen molar-refractivity contribution in [1.29, 1.82) is 0 Å². The van der Waals surface area contributed by atoms with E-state index in [0.717, 1.165) is 12.8 Å². The maximum atomic E-state index is 12.1. The Balaban J connectivity index is 2.24. The summed E-state index contributed by atoms with van der Waals surface area (Å²) in [6.45, 7) is 1.14. The van der Waals surface area contributed by atoms with Crippen LogP contribution in [0.3, 0.4) is 0 Å². The first-order valence-corrected chi connectivity index (χ1v) is 6.04. The summed E-state index contributed by atoms with van der Waals surface area (Å²) in [6.07, 6.45) is 1.90. The number of carbonyl (C=O) groups is 1. The van der Waals surface area contributed by atoms with Gasteiger partial charge in [0.2, 0.25) is 0 Å². The average molecular weight is 275 g/mol. The van der Waals surface area contributed by atoms with E-state index in [9.17, 15) is 4.79 Å². The van der Waals surface area contributed by atoms with Gasteiger partial charge in [-0.25, -0.2) is 5.06 Å². The highest BCUT2D eigenvalue weighted by atomic mass is 35.5. The molecule has 17 heavy (non-hydrogen) atoms. The Bertz CT molecular complexity index is 422. The SMILES string of the molecule is Nc1cc(C(=O)N2CCCCO2)cc(Cl)c1Cl. The molecule has 0 spiro atoms. The minimum atomic E-state index is -0.241. The molecule has 1 aromatic rings. The second-order valence-corrected chi connectivity index (χ2v) is 4.59. The molecule has 1 heterocycles. The van der Waals surface area contributed by atoms with Gasteiger partial charge in [-0.1, -0.05) is 23.2 Å². The molecule has 0 aliphatic carbocycles. The number of benzene rings is 1. The molecule has 0 radical (unpaired) electrons. The average Bonchev–Trinajstić information content (AvgIpc) is 2.35. The van der Waals surface area contributed by atoms with Gasteiger partial charge in [0.25, 0.3) is 5.91 Å². The van der Waals surface area contributed by atoms with Crippen LogP contribution in [0.15, 0.2) is 12.1 Å². The number of halogens is 2. The van der Waals surface area contributed by atoms with Crippen molar-refractivity contribution in [1.82, 2.24) is 5.06 Å². The van der Waals surface area contributed by atoms with Gasteiger partial charge in [-0.05, 0) is 25.0 Å². The van der Waals surface area contributed by atoms with E-state index in [1.165, 1.54) is 17.2 Å². The highest BCUT2D eigenvalue weighted by Gasteiger charge is 2.20. The monoisotopic (exact) mass is 274 g/mol. The molecule has 0 saturated carbocycles. The van der Waals surface area contributed by atoms with E-state index in [1.54, 1.807) is 0 Å². The van der Waals surface area contributed by atoms with Gasteiger partial charge in [-0.2, -0.15) is 0 Å². The molecule has 1 fully saturated rings. The van der Waals surface area contributed by atoms with Crippen molar-refractivity contribution >= 4 is 34.8 Å². The second-order valence-electron chi connectivity index (χ2n) is 3.81. The van der Waals surface area contributed by atoms with E-state index in [-0.39, 0.29) is 16.0 Å². The van der Waals surface area contributed by atoms with Crippen LogP contribution >= 0.6 is 23.2 Å². The lowest BCUT2D eigenvalue weighted by Gasteiger charge is -2.26. The fourth-order valence-corrected chi connectivity index (χ4v) is 1.97. The smallest absolute Gasteiger partial charge is 0.277 e. The zero-order chi connectivity index (χ0) is 12.4. The lowest BCUT2D eigenvalue weighted by Crippen LogP contribution is -2.35. The Morgan fingerprint density at radius 2 is 2.12 bits per heavy atom. The van der Waals surface area contributed by atoms with Crippen LogP contribution in [-0.4, -0.2) is 24.1 Å². The molecule has 2 N–H and O–H groups in total. The topological polar surface area (TPSA) is 55.6 Å². The number of hydrogen-bond acceptors (Lipinski definition) is 3. The number of nitrogens with two attached hydrogens (primary N) is 1. The van der Waals surface area contributed by atoms with Crippen molar-refractivity contribution in [2.24, 2.45) is 0 Å². The van der Waals surface area contributed by atoms with E-state index < -0.39 is 0 Å². The standard InChI is InChI=1S/C11H12Cl2N2O2/c12-8-5-7(6-9(14)10(8)13)11(16)15-3-1-2-4-17-15/h5-6H,1-4,14H2. The maximum absolute atomic E-state index is 12.1. The molecule has 6 heteroatoms. The van der Waals surface area contributed by atoms with Gasteiger partial charge >= 0.3 is 0 Å². The predicted molar refractivity (Wildman–Crippen MR) is 67.1 cm³/mol. The number of rotatable bonds is 1. The van der Waals surface area contributed by atoms with Crippen molar-refractivity contribution in [3.8, 4) is 0 Å². The normalized spacial score (nSPS) is 16.0. The van der Waals surface area contributed by atoms with Crippen LogP contribution < -0.4 is 5.73 Å². The van der Waals surface area contributed by atoms with Gasteiger partial charge in [0.1, 0.15) is 0 Å². The second kappa shape index (κ2) is 5.12. The molecule has 0 aromatic heterocycles. The zero-order valence-corrected chi connectivity index (χ0v) is 10.6. The van der Waals surface area contributed by atoms with Gasteiger partial charge in [0, 0.05) is 12.1 Å². The Morgan fingerprint density at radius 3 is 2.71 bits per heavy atom. The number of nitrogen functional groups attached to an aromatic ring is 1. The van der Waals surface area contributed by atoms with E-state index in [2.05, 4.69) is 0 Å². The Kier molecular flexibility index (Phi) is 3.76. The summed E-state index contributed by atoms with van der Waals surface area (Å²) < 4.78 is 0. The molecule has 2 rings (SSSR count). The quantitative estimate of drug-likeness (QED) is 0.802. The van der Waals surface area contributed by atoms with E-state index in [1.807, 2.05) is 0 Å². The van der Waals surface area contributed by atoms with E-state index in [0.29, 0.717) is 24.4 Å². The zero-order valence-electron chi connectivity index (χ0n) is 9.08. The van der Waals surface area contributed by atoms with Gasteiger partial charge in [-0.15, -0.1) is 0 Å². The minimum absolute atomic E-state index is 0.241. The summed E-state index contributed by atoms with van der Waals surface area (Å²) in [7, 11) is 0. The number of amides is 1. The molecule has 0 atom stereocenters. The summed E-state index contributed by atoms with van der Waals surface area (Å²) in [5.41, 5.74) is 6.34. The summed E-state index contributed by atoms with van der Waals surface area (Å²) in [5, 5.41) is 1.87. The number of carbonyl (C=O) groups excluding carboxylic acids is 1. The number of hydrogen-bond donors (Lipinski definition) is 1. The molecule has 0 bridgehead atoms. The first-order chi connectivity index (χ1) is 8.09. The molecule has 1 amide bonds. The number of anilines is 1. The summed E-state index contributed by atoms with van der Waals surface area (Å²) in [4.78, 5) is 17.3. The molecule has 92 valence electrons. The lowest BCUT2D eigenvalue weighted by atomic mass is 10.1. The highest BCUT2D eigenvalue weighted by Crippen LogP contribution is 2.30. The third-order valence-electron chi connectivity index (χ3n) is 2.53. The Hall–Kier alpha value is -0.970. The van der Waals surface area contributed by atoms with Gasteiger partial charge in [0.05, 0.1) is 22.3 Å². The first kappa shape index (κ1) is 12.5. The Labute approximate surface area is 109 Å². The molecule has 0 unspecified atom stereocenters. The summed E-state index contributed by atoms with van der Waals surface area (Å²) in [6, 6.07) is 3.01. The molecule has 1 saturated heterocycles. The highest BCUT2D eigenvalue weighted by molar-refractivity contribution is 6.43. The van der Waals surface area contributed by atoms with Crippen molar-refractivity contribution in [2.45, 2.75) is 12.8 Å². The van der Waals surface area contributed by atoms with Crippen LogP contribution in [-0.2, 0) is 4.84 Å². The van der Waals surface area contributed by atoms with Crippen molar-refractivity contribution in [2.75, 3.05) is 18.9 Å². The summed E-state index contributed by atoms with van der Waals surface area (Å²) in [5.74, 6) is -0.241. The fourth-order valence-electron chi connectivity index (χ4n) is 1.63.